The molecule has 0 aromatic heterocycles. The molecular formula is C39H68N4O4. The van der Waals surface area contributed by atoms with Crippen LogP contribution in [0.1, 0.15) is 141 Å². The van der Waals surface area contributed by atoms with E-state index in [1.54, 1.807) is 9.80 Å². The second-order valence-electron chi connectivity index (χ2n) is 18.7. The van der Waals surface area contributed by atoms with Crippen LogP contribution in [-0.4, -0.2) is 91.6 Å². The molecule has 4 aliphatic rings. The van der Waals surface area contributed by atoms with Crippen LogP contribution in [0.2, 0.25) is 0 Å². The number of carbonyl (C=O) groups excluding carboxylic acids is 4. The highest BCUT2D eigenvalue weighted by atomic mass is 16.2. The van der Waals surface area contributed by atoms with Gasteiger partial charge in [0.05, 0.1) is 17.8 Å². The Hall–Kier alpha value is -1.80. The van der Waals surface area contributed by atoms with Crippen LogP contribution in [0.15, 0.2) is 0 Å². The third-order valence-corrected chi connectivity index (χ3v) is 13.8. The van der Waals surface area contributed by atoms with Crippen LogP contribution < -0.4 is 0 Å². The minimum Gasteiger partial charge on any atom is -0.296 e. The maximum atomic E-state index is 14.4. The molecule has 6 atom stereocenters. The highest BCUT2D eigenvalue weighted by Crippen LogP contribution is 2.47. The Morgan fingerprint density at radius 3 is 1.30 bits per heavy atom. The molecule has 0 N–H and O–H groups in total. The predicted octanol–water partition coefficient (Wildman–Crippen LogP) is 6.75. The van der Waals surface area contributed by atoms with Gasteiger partial charge in [0.15, 0.2) is 0 Å². The number of amides is 4. The first kappa shape index (κ1) is 38.0. The van der Waals surface area contributed by atoms with Gasteiger partial charge in [-0.2, -0.15) is 0 Å². The van der Waals surface area contributed by atoms with Crippen molar-refractivity contribution in [1.82, 2.24) is 19.6 Å². The van der Waals surface area contributed by atoms with E-state index in [4.69, 9.17) is 0 Å². The highest BCUT2D eigenvalue weighted by Gasteiger charge is 2.56. The fraction of sp³-hybridized carbons (Fsp3) is 0.897. The van der Waals surface area contributed by atoms with Gasteiger partial charge < -0.3 is 0 Å². The summed E-state index contributed by atoms with van der Waals surface area (Å²) in [5.74, 6) is -1.12. The molecule has 268 valence electrons. The maximum absolute atomic E-state index is 14.4. The Morgan fingerprint density at radius 2 is 0.915 bits per heavy atom. The molecule has 8 nitrogen and oxygen atoms in total. The number of rotatable bonds is 10. The van der Waals surface area contributed by atoms with Gasteiger partial charge in [-0.05, 0) is 126 Å². The average Bonchev–Trinajstić information content (AvgIpc) is 3.31. The first-order chi connectivity index (χ1) is 21.5. The minimum absolute atomic E-state index is 0.00969. The summed E-state index contributed by atoms with van der Waals surface area (Å²) in [7, 11) is 4.29. The topological polar surface area (TPSA) is 81.2 Å². The Balaban J connectivity index is 1.56. The molecule has 0 aliphatic carbocycles. The van der Waals surface area contributed by atoms with E-state index in [1.807, 2.05) is 6.92 Å². The molecule has 0 aromatic rings. The molecule has 4 saturated heterocycles. The summed E-state index contributed by atoms with van der Waals surface area (Å²) in [6.45, 7) is 26.0. The van der Waals surface area contributed by atoms with E-state index in [1.165, 1.54) is 0 Å². The fourth-order valence-electron chi connectivity index (χ4n) is 10.0. The summed E-state index contributed by atoms with van der Waals surface area (Å²) < 4.78 is 0. The monoisotopic (exact) mass is 657 g/mol. The molecule has 0 bridgehead atoms. The van der Waals surface area contributed by atoms with E-state index >= 15 is 0 Å². The Kier molecular flexibility index (Phi) is 10.6. The van der Waals surface area contributed by atoms with Crippen molar-refractivity contribution >= 4 is 23.6 Å². The molecular weight excluding hydrogens is 588 g/mol. The lowest BCUT2D eigenvalue weighted by Gasteiger charge is -2.54. The number of piperidine rings is 2. The smallest absolute Gasteiger partial charge is 0.233 e. The van der Waals surface area contributed by atoms with Crippen molar-refractivity contribution in [2.45, 2.75) is 175 Å². The van der Waals surface area contributed by atoms with Gasteiger partial charge in [-0.1, -0.05) is 40.5 Å². The van der Waals surface area contributed by atoms with Gasteiger partial charge in [0.1, 0.15) is 0 Å². The summed E-state index contributed by atoms with van der Waals surface area (Å²) in [4.78, 5) is 64.7. The average molecular weight is 657 g/mol. The van der Waals surface area contributed by atoms with Crippen LogP contribution in [0.25, 0.3) is 0 Å². The maximum Gasteiger partial charge on any atom is 0.233 e. The van der Waals surface area contributed by atoms with E-state index < -0.39 is 0 Å². The molecule has 4 heterocycles. The first-order valence-corrected chi connectivity index (χ1v) is 18.7. The highest BCUT2D eigenvalue weighted by molar-refractivity contribution is 6.06. The van der Waals surface area contributed by atoms with Crippen LogP contribution in [0, 0.1) is 35.5 Å². The van der Waals surface area contributed by atoms with Crippen LogP contribution in [0.5, 0.6) is 0 Å². The van der Waals surface area contributed by atoms with E-state index in [-0.39, 0.29) is 87.5 Å². The fourth-order valence-corrected chi connectivity index (χ4v) is 10.0. The molecule has 4 rings (SSSR count). The zero-order chi connectivity index (χ0) is 35.6. The number of likely N-dealkylation sites (tertiary alicyclic amines) is 4. The van der Waals surface area contributed by atoms with Crippen molar-refractivity contribution in [1.29, 1.82) is 0 Å². The molecule has 0 aromatic carbocycles. The van der Waals surface area contributed by atoms with Gasteiger partial charge in [-0.25, -0.2) is 0 Å². The van der Waals surface area contributed by atoms with E-state index in [0.717, 1.165) is 38.5 Å². The van der Waals surface area contributed by atoms with Crippen molar-refractivity contribution in [3.05, 3.63) is 0 Å². The second-order valence-corrected chi connectivity index (χ2v) is 18.7. The van der Waals surface area contributed by atoms with Crippen molar-refractivity contribution in [2.75, 3.05) is 14.1 Å². The molecule has 4 amide bonds. The summed E-state index contributed by atoms with van der Waals surface area (Å²) in [5, 5.41) is 0. The number of hydrogen-bond donors (Lipinski definition) is 0. The van der Waals surface area contributed by atoms with Gasteiger partial charge in [0.25, 0.3) is 0 Å². The summed E-state index contributed by atoms with van der Waals surface area (Å²) in [5.41, 5.74) is -0.549. The van der Waals surface area contributed by atoms with Gasteiger partial charge in [-0.15, -0.1) is 0 Å². The number of imide groups is 2. The van der Waals surface area contributed by atoms with Crippen LogP contribution >= 0.6 is 0 Å². The predicted molar refractivity (Wildman–Crippen MR) is 188 cm³/mol. The number of hydrogen-bond acceptors (Lipinski definition) is 6. The van der Waals surface area contributed by atoms with Crippen molar-refractivity contribution in [2.24, 2.45) is 35.5 Å². The van der Waals surface area contributed by atoms with E-state index in [2.05, 4.69) is 100 Å². The van der Waals surface area contributed by atoms with Gasteiger partial charge in [-0.3, -0.25) is 38.8 Å². The summed E-state index contributed by atoms with van der Waals surface area (Å²) >= 11 is 0. The van der Waals surface area contributed by atoms with Crippen molar-refractivity contribution in [3.8, 4) is 0 Å². The molecule has 4 aliphatic heterocycles. The summed E-state index contributed by atoms with van der Waals surface area (Å²) in [6.07, 6.45) is 6.72. The van der Waals surface area contributed by atoms with Crippen molar-refractivity contribution < 1.29 is 19.2 Å². The summed E-state index contributed by atoms with van der Waals surface area (Å²) in [6, 6.07) is -0.236. The normalized spacial score (nSPS) is 33.2. The van der Waals surface area contributed by atoms with Crippen LogP contribution in [0.4, 0.5) is 0 Å². The first-order valence-electron chi connectivity index (χ1n) is 18.7. The molecule has 4 fully saturated rings. The number of carbonyl (C=O) groups is 4. The third kappa shape index (κ3) is 6.98. The van der Waals surface area contributed by atoms with Crippen LogP contribution in [0.3, 0.4) is 0 Å². The molecule has 0 radical (unpaired) electrons. The van der Waals surface area contributed by atoms with E-state index in [0.29, 0.717) is 25.2 Å². The quantitative estimate of drug-likeness (QED) is 0.242. The lowest BCUT2D eigenvalue weighted by atomic mass is 9.76. The molecule has 47 heavy (non-hydrogen) atoms. The molecule has 0 saturated carbocycles. The molecule has 8 heteroatoms. The lowest BCUT2D eigenvalue weighted by Crippen LogP contribution is -2.63. The van der Waals surface area contributed by atoms with E-state index in [9.17, 15) is 19.2 Å². The molecule has 0 spiro atoms. The van der Waals surface area contributed by atoms with Gasteiger partial charge in [0.2, 0.25) is 23.6 Å². The molecule has 6 unspecified atom stereocenters. The zero-order valence-corrected chi connectivity index (χ0v) is 32.4. The van der Waals surface area contributed by atoms with Gasteiger partial charge in [0, 0.05) is 40.2 Å². The Labute approximate surface area is 286 Å². The number of nitrogens with zero attached hydrogens (tertiary/aromatic N) is 4. The largest absolute Gasteiger partial charge is 0.296 e. The third-order valence-electron chi connectivity index (χ3n) is 13.8. The SMILES string of the molecule is CCC(C)CC1C(=O)N(C2CC(C)(C)N(C)C(C)(C)C2)C(=O)C1CC(CC)CC1C(=O)N(C2CC(C)(C)N(C)C(C)(C)C2)C(=O)C1C. The van der Waals surface area contributed by atoms with Crippen LogP contribution in [-0.2, 0) is 19.2 Å². The Bertz CT molecular complexity index is 1190. The van der Waals surface area contributed by atoms with Crippen molar-refractivity contribution in [3.63, 3.8) is 0 Å². The standard InChI is InChI=1S/C39H68N4O4/c1-15-24(3)17-30-31(35(47)43(34(30)46)28-22-38(9,10)41(14)39(11,12)23-28)19-26(16-2)18-29-25(4)32(44)42(33(29)45)27-20-36(5,6)40(13)37(7,8)21-27/h24-31H,15-23H2,1-14H3. The lowest BCUT2D eigenvalue weighted by molar-refractivity contribution is -0.149. The zero-order valence-electron chi connectivity index (χ0n) is 32.4. The van der Waals surface area contributed by atoms with Gasteiger partial charge >= 0.3 is 0 Å². The minimum atomic E-state index is -0.384. The Morgan fingerprint density at radius 1 is 0.574 bits per heavy atom. The second kappa shape index (κ2) is 13.2.